The zero-order valence-corrected chi connectivity index (χ0v) is 13.2. The third kappa shape index (κ3) is 5.76. The highest BCUT2D eigenvalue weighted by Gasteiger charge is 2.17. The minimum absolute atomic E-state index is 0.0676. The first kappa shape index (κ1) is 17.5. The maximum absolute atomic E-state index is 11.7. The van der Waals surface area contributed by atoms with Gasteiger partial charge >= 0.3 is 5.97 Å². The van der Waals surface area contributed by atoms with Crippen LogP contribution < -0.4 is 0 Å². The number of esters is 1. The molecule has 0 saturated heterocycles. The quantitative estimate of drug-likeness (QED) is 0.531. The van der Waals surface area contributed by atoms with Crippen LogP contribution in [0.25, 0.3) is 0 Å². The van der Waals surface area contributed by atoms with Gasteiger partial charge in [-0.05, 0) is 38.2 Å². The third-order valence-electron chi connectivity index (χ3n) is 3.97. The van der Waals surface area contributed by atoms with Gasteiger partial charge in [0.2, 0.25) is 0 Å². The molecule has 118 valence electrons. The van der Waals surface area contributed by atoms with Gasteiger partial charge in [0.25, 0.3) is 0 Å². The molecule has 0 bridgehead atoms. The van der Waals surface area contributed by atoms with E-state index in [0.29, 0.717) is 0 Å². The molecule has 1 aliphatic heterocycles. The standard InChI is InChI=1S/C17H26O4/c1-11-6-5-7-12(2)15(18)9-8-13(3)16(19)10-17(20)21-14(11)4/h7-11,13-15,18-19H,5-6H2,1-4H3/b9-8+,12-7+,16-10-/t11-,13-,14+,15-/m0/s1. The first-order chi connectivity index (χ1) is 9.81. The van der Waals surface area contributed by atoms with Gasteiger partial charge in [-0.15, -0.1) is 0 Å². The fourth-order valence-corrected chi connectivity index (χ4v) is 2.04. The van der Waals surface area contributed by atoms with E-state index < -0.39 is 12.1 Å². The average molecular weight is 294 g/mol. The summed E-state index contributed by atoms with van der Waals surface area (Å²) in [6.45, 7) is 7.51. The fourth-order valence-electron chi connectivity index (χ4n) is 2.04. The van der Waals surface area contributed by atoms with Crippen LogP contribution in [0.15, 0.2) is 35.6 Å². The molecule has 0 aromatic rings. The number of carbonyl (C=O) groups is 1. The predicted molar refractivity (Wildman–Crippen MR) is 82.7 cm³/mol. The Bertz CT molecular complexity index is 448. The molecule has 0 spiro atoms. The van der Waals surface area contributed by atoms with Gasteiger partial charge in [0.1, 0.15) is 11.9 Å². The minimum Gasteiger partial charge on any atom is -0.511 e. The number of hydrogen-bond donors (Lipinski definition) is 2. The molecule has 0 aliphatic carbocycles. The first-order valence-corrected chi connectivity index (χ1v) is 7.45. The van der Waals surface area contributed by atoms with E-state index in [1.807, 2.05) is 26.8 Å². The van der Waals surface area contributed by atoms with Gasteiger partial charge in [-0.1, -0.05) is 32.1 Å². The van der Waals surface area contributed by atoms with Gasteiger partial charge < -0.3 is 14.9 Å². The summed E-state index contributed by atoms with van der Waals surface area (Å²) in [5.41, 5.74) is 0.885. The second kappa shape index (κ2) is 8.03. The lowest BCUT2D eigenvalue weighted by atomic mass is 9.98. The Labute approximate surface area is 126 Å². The molecule has 0 radical (unpaired) electrons. The topological polar surface area (TPSA) is 66.8 Å². The van der Waals surface area contributed by atoms with Crippen LogP contribution in [0.5, 0.6) is 0 Å². The van der Waals surface area contributed by atoms with E-state index in [1.165, 1.54) is 0 Å². The van der Waals surface area contributed by atoms with Gasteiger partial charge in [-0.25, -0.2) is 4.79 Å². The Morgan fingerprint density at radius 3 is 2.57 bits per heavy atom. The number of aliphatic hydroxyl groups excluding tert-OH is 2. The second-order valence-corrected chi connectivity index (χ2v) is 5.83. The van der Waals surface area contributed by atoms with Crippen LogP contribution in [0.3, 0.4) is 0 Å². The van der Waals surface area contributed by atoms with Crippen molar-refractivity contribution in [1.82, 2.24) is 0 Å². The molecule has 4 heteroatoms. The average Bonchev–Trinajstić information content (AvgIpc) is 2.42. The van der Waals surface area contributed by atoms with Crippen LogP contribution in [-0.2, 0) is 9.53 Å². The molecule has 0 fully saturated rings. The molecule has 1 rings (SSSR count). The van der Waals surface area contributed by atoms with Crippen molar-refractivity contribution < 1.29 is 19.7 Å². The van der Waals surface area contributed by atoms with Crippen molar-refractivity contribution in [3.05, 3.63) is 35.6 Å². The summed E-state index contributed by atoms with van der Waals surface area (Å²) in [6, 6.07) is 0. The van der Waals surface area contributed by atoms with Crippen molar-refractivity contribution in [3.8, 4) is 0 Å². The summed E-state index contributed by atoms with van der Waals surface area (Å²) in [6.07, 6.45) is 7.25. The van der Waals surface area contributed by atoms with Crippen molar-refractivity contribution in [3.63, 3.8) is 0 Å². The fraction of sp³-hybridized carbons (Fsp3) is 0.588. The van der Waals surface area contributed by atoms with Crippen LogP contribution in [0.1, 0.15) is 40.5 Å². The molecule has 21 heavy (non-hydrogen) atoms. The van der Waals surface area contributed by atoms with Gasteiger partial charge in [-0.3, -0.25) is 0 Å². The van der Waals surface area contributed by atoms with Gasteiger partial charge in [0, 0.05) is 5.92 Å². The largest absolute Gasteiger partial charge is 0.511 e. The third-order valence-corrected chi connectivity index (χ3v) is 3.97. The second-order valence-electron chi connectivity index (χ2n) is 5.83. The molecule has 0 unspecified atom stereocenters. The molecule has 0 saturated carbocycles. The van der Waals surface area contributed by atoms with Crippen molar-refractivity contribution in [2.24, 2.45) is 11.8 Å². The monoisotopic (exact) mass is 294 g/mol. The van der Waals surface area contributed by atoms with Crippen molar-refractivity contribution in [1.29, 1.82) is 0 Å². The highest BCUT2D eigenvalue weighted by Crippen LogP contribution is 2.18. The van der Waals surface area contributed by atoms with Gasteiger partial charge in [0.15, 0.2) is 0 Å². The lowest BCUT2D eigenvalue weighted by molar-refractivity contribution is -0.144. The maximum atomic E-state index is 11.7. The van der Waals surface area contributed by atoms with Crippen LogP contribution >= 0.6 is 0 Å². The number of aliphatic hydroxyl groups is 2. The van der Waals surface area contributed by atoms with Gasteiger partial charge in [-0.2, -0.15) is 0 Å². The zero-order valence-electron chi connectivity index (χ0n) is 13.2. The summed E-state index contributed by atoms with van der Waals surface area (Å²) < 4.78 is 5.30. The van der Waals surface area contributed by atoms with E-state index in [9.17, 15) is 15.0 Å². The SMILES string of the molecule is C/C1=C\CC[C@H](C)[C@@H](C)OC(=O)/C=C(\O)[C@@H](C)/C=C/[C@@H]1O. The number of rotatable bonds is 0. The minimum atomic E-state index is -0.664. The molecular weight excluding hydrogens is 268 g/mol. The molecule has 1 aliphatic rings. The highest BCUT2D eigenvalue weighted by atomic mass is 16.5. The van der Waals surface area contributed by atoms with Crippen LogP contribution in [0.4, 0.5) is 0 Å². The molecule has 0 aromatic carbocycles. The molecule has 4 nitrogen and oxygen atoms in total. The van der Waals surface area contributed by atoms with E-state index in [0.717, 1.165) is 24.5 Å². The van der Waals surface area contributed by atoms with E-state index in [-0.39, 0.29) is 23.7 Å². The maximum Gasteiger partial charge on any atom is 0.334 e. The number of cyclic esters (lactones) is 1. The highest BCUT2D eigenvalue weighted by molar-refractivity contribution is 5.82. The Morgan fingerprint density at radius 1 is 1.24 bits per heavy atom. The Morgan fingerprint density at radius 2 is 1.90 bits per heavy atom. The number of ether oxygens (including phenoxy) is 1. The summed E-state index contributed by atoms with van der Waals surface area (Å²) in [5, 5.41) is 19.9. The van der Waals surface area contributed by atoms with Crippen LogP contribution in [0.2, 0.25) is 0 Å². The zero-order chi connectivity index (χ0) is 16.0. The molecule has 1 heterocycles. The Balaban J connectivity index is 2.98. The lowest BCUT2D eigenvalue weighted by Gasteiger charge is -2.20. The van der Waals surface area contributed by atoms with E-state index in [1.54, 1.807) is 19.1 Å². The predicted octanol–water partition coefficient (Wildman–Crippen LogP) is 3.29. The summed E-state index contributed by atoms with van der Waals surface area (Å²) in [7, 11) is 0. The van der Waals surface area contributed by atoms with Gasteiger partial charge in [0.05, 0.1) is 12.2 Å². The van der Waals surface area contributed by atoms with E-state index in [2.05, 4.69) is 0 Å². The van der Waals surface area contributed by atoms with Crippen LogP contribution in [0, 0.1) is 11.8 Å². The van der Waals surface area contributed by atoms with Crippen molar-refractivity contribution >= 4 is 5.97 Å². The molecule has 0 aromatic heterocycles. The summed E-state index contributed by atoms with van der Waals surface area (Å²) >= 11 is 0. The number of carbonyl (C=O) groups excluding carboxylic acids is 1. The molecule has 4 atom stereocenters. The molecule has 2 N–H and O–H groups in total. The van der Waals surface area contributed by atoms with Crippen LogP contribution in [-0.4, -0.2) is 28.4 Å². The molecule has 0 amide bonds. The first-order valence-electron chi connectivity index (χ1n) is 7.45. The smallest absolute Gasteiger partial charge is 0.334 e. The van der Waals surface area contributed by atoms with Crippen molar-refractivity contribution in [2.75, 3.05) is 0 Å². The van der Waals surface area contributed by atoms with E-state index in [4.69, 9.17) is 4.74 Å². The van der Waals surface area contributed by atoms with E-state index >= 15 is 0 Å². The number of hydrogen-bond acceptors (Lipinski definition) is 4. The number of allylic oxidation sites excluding steroid dienone is 2. The van der Waals surface area contributed by atoms with Crippen molar-refractivity contribution in [2.45, 2.75) is 52.7 Å². The normalized spacial score (nSPS) is 39.2. The Kier molecular flexibility index (Phi) is 6.69. The lowest BCUT2D eigenvalue weighted by Crippen LogP contribution is -2.21. The summed E-state index contributed by atoms with van der Waals surface area (Å²) in [4.78, 5) is 11.7. The molecular formula is C17H26O4. The summed E-state index contributed by atoms with van der Waals surface area (Å²) in [5.74, 6) is -0.740. The Hall–Kier alpha value is -1.55.